The lowest BCUT2D eigenvalue weighted by atomic mass is 9.72. The largest absolute Gasteiger partial charge is 0.469 e. The van der Waals surface area contributed by atoms with Gasteiger partial charge in [0.1, 0.15) is 41.9 Å². The van der Waals surface area contributed by atoms with Crippen molar-refractivity contribution in [3.63, 3.8) is 0 Å². The number of rotatable bonds is 8. The van der Waals surface area contributed by atoms with E-state index in [-0.39, 0.29) is 60.7 Å². The number of fused-ring (bicyclic) bond motifs is 4. The number of aromatic nitrogens is 2. The Hall–Kier alpha value is -4.97. The van der Waals surface area contributed by atoms with Crippen LogP contribution in [0.3, 0.4) is 0 Å². The van der Waals surface area contributed by atoms with Crippen LogP contribution in [-0.4, -0.2) is 45.1 Å². The number of anilines is 1. The standard InChI is InChI=1S/C39H44N4O8/c1-19(2)29-35-43-30(34-40-23(17-48-34)18-49-37(47)38(5,6)7)32(51-35)39-24-10-8-9-11-26(24)41-36(39)50-28-13-12-21(15-25(28)39)14-22(33(46)42-29)16-27(44)31(45)20(3)4/h8-13,15,17,19-20,22,29,31,36,41,45H,14,16,18H2,1-7H3,(H,42,46)/t22?,29-,31-,36-,39?/m0/s1. The van der Waals surface area contributed by atoms with Crippen LogP contribution in [0, 0.1) is 23.2 Å². The van der Waals surface area contributed by atoms with Crippen LogP contribution >= 0.6 is 0 Å². The van der Waals surface area contributed by atoms with Crippen LogP contribution < -0.4 is 15.4 Å². The van der Waals surface area contributed by atoms with E-state index in [1.54, 1.807) is 34.6 Å². The zero-order chi connectivity index (χ0) is 36.4. The van der Waals surface area contributed by atoms with E-state index in [2.05, 4.69) is 10.6 Å². The van der Waals surface area contributed by atoms with E-state index < -0.39 is 35.1 Å². The first-order chi connectivity index (χ1) is 24.2. The van der Waals surface area contributed by atoms with Crippen molar-refractivity contribution in [2.24, 2.45) is 23.2 Å². The summed E-state index contributed by atoms with van der Waals surface area (Å²) in [5.41, 5.74) is 2.33. The van der Waals surface area contributed by atoms with Gasteiger partial charge in [-0.3, -0.25) is 14.4 Å². The highest BCUT2D eigenvalue weighted by Crippen LogP contribution is 2.59. The number of oxazole rings is 2. The SMILES string of the molecule is CC(C)[C@H](O)C(=O)CC1Cc2ccc3c(c2)C2(c4ccccc4N[C@H]2O3)c2oc(nc2-c2nc(COC(=O)C(C)(C)C)co2)[C@H](C(C)C)NC1=O. The van der Waals surface area contributed by atoms with Crippen molar-refractivity contribution in [3.05, 3.63) is 82.8 Å². The Morgan fingerprint density at radius 3 is 2.55 bits per heavy atom. The zero-order valence-electron chi connectivity index (χ0n) is 29.9. The number of hydrogen-bond donors (Lipinski definition) is 3. The number of nitrogens with zero attached hydrogens (tertiary/aromatic N) is 2. The van der Waals surface area contributed by atoms with Crippen molar-refractivity contribution in [2.75, 3.05) is 5.32 Å². The number of hydrogen-bond acceptors (Lipinski definition) is 11. The molecule has 2 aromatic carbocycles. The number of ketones is 1. The fraction of sp³-hybridized carbons (Fsp3) is 0.462. The molecule has 2 aromatic heterocycles. The molecule has 12 nitrogen and oxygen atoms in total. The molecule has 1 spiro atoms. The van der Waals surface area contributed by atoms with Crippen LogP contribution in [0.2, 0.25) is 0 Å². The molecule has 3 N–H and O–H groups in total. The van der Waals surface area contributed by atoms with Crippen LogP contribution in [0.25, 0.3) is 11.6 Å². The molecule has 4 aromatic rings. The van der Waals surface area contributed by atoms with E-state index in [0.717, 1.165) is 22.4 Å². The predicted octanol–water partition coefficient (Wildman–Crippen LogP) is 5.86. The summed E-state index contributed by atoms with van der Waals surface area (Å²) < 4.78 is 25.0. The van der Waals surface area contributed by atoms with E-state index in [1.165, 1.54) is 6.26 Å². The molecule has 268 valence electrons. The quantitative estimate of drug-likeness (QED) is 0.189. The van der Waals surface area contributed by atoms with Gasteiger partial charge in [-0.05, 0) is 62.3 Å². The Bertz CT molecular complexity index is 2010. The molecule has 12 heteroatoms. The van der Waals surface area contributed by atoms with Gasteiger partial charge in [-0.25, -0.2) is 9.97 Å². The molecule has 4 bridgehead atoms. The number of esters is 1. The molecular weight excluding hydrogens is 652 g/mol. The maximum Gasteiger partial charge on any atom is 0.311 e. The Labute approximate surface area is 296 Å². The summed E-state index contributed by atoms with van der Waals surface area (Å²) >= 11 is 0. The van der Waals surface area contributed by atoms with E-state index in [9.17, 15) is 19.5 Å². The lowest BCUT2D eigenvalue weighted by molar-refractivity contribution is -0.154. The minimum Gasteiger partial charge on any atom is -0.469 e. The maximum absolute atomic E-state index is 14.1. The molecule has 3 aliphatic rings. The molecule has 7 rings (SSSR count). The molecule has 2 unspecified atom stereocenters. The van der Waals surface area contributed by atoms with Crippen LogP contribution in [0.15, 0.2) is 57.6 Å². The van der Waals surface area contributed by atoms with Crippen LogP contribution in [0.4, 0.5) is 5.69 Å². The monoisotopic (exact) mass is 696 g/mol. The number of ether oxygens (including phenoxy) is 2. The third-order valence-electron chi connectivity index (χ3n) is 9.96. The Morgan fingerprint density at radius 2 is 1.82 bits per heavy atom. The number of aliphatic hydroxyl groups excluding tert-OH is 1. The van der Waals surface area contributed by atoms with Gasteiger partial charge in [0.25, 0.3) is 0 Å². The highest BCUT2D eigenvalue weighted by atomic mass is 16.5. The smallest absolute Gasteiger partial charge is 0.311 e. The van der Waals surface area contributed by atoms with Gasteiger partial charge in [-0.15, -0.1) is 0 Å². The maximum atomic E-state index is 14.1. The minimum atomic E-state index is -1.18. The number of carbonyl (C=O) groups is 3. The highest BCUT2D eigenvalue weighted by Gasteiger charge is 2.61. The van der Waals surface area contributed by atoms with Crippen molar-refractivity contribution >= 4 is 23.3 Å². The topological polar surface area (TPSA) is 166 Å². The molecule has 0 aliphatic carbocycles. The van der Waals surface area contributed by atoms with Gasteiger partial charge in [-0.1, -0.05) is 58.0 Å². The molecule has 3 aliphatic heterocycles. The first kappa shape index (κ1) is 34.5. The van der Waals surface area contributed by atoms with Gasteiger partial charge in [0, 0.05) is 23.6 Å². The van der Waals surface area contributed by atoms with Gasteiger partial charge in [0.05, 0.1) is 5.41 Å². The molecule has 0 saturated heterocycles. The van der Waals surface area contributed by atoms with E-state index in [1.807, 2.05) is 56.3 Å². The first-order valence-electron chi connectivity index (χ1n) is 17.5. The molecule has 5 atom stereocenters. The summed E-state index contributed by atoms with van der Waals surface area (Å²) in [6.07, 6.45) is -0.262. The fourth-order valence-electron chi connectivity index (χ4n) is 7.14. The predicted molar refractivity (Wildman–Crippen MR) is 185 cm³/mol. The van der Waals surface area contributed by atoms with E-state index in [0.29, 0.717) is 22.9 Å². The van der Waals surface area contributed by atoms with E-state index in [4.69, 9.17) is 28.3 Å². The summed E-state index contributed by atoms with van der Waals surface area (Å²) in [5, 5.41) is 17.3. The third kappa shape index (κ3) is 5.88. The Morgan fingerprint density at radius 1 is 1.06 bits per heavy atom. The molecule has 51 heavy (non-hydrogen) atoms. The van der Waals surface area contributed by atoms with Gasteiger partial charge in [0.15, 0.2) is 23.5 Å². The lowest BCUT2D eigenvalue weighted by Crippen LogP contribution is -2.41. The number of para-hydroxylation sites is 1. The van der Waals surface area contributed by atoms with Gasteiger partial charge in [-0.2, -0.15) is 0 Å². The summed E-state index contributed by atoms with van der Waals surface area (Å²) in [6, 6.07) is 13.0. The summed E-state index contributed by atoms with van der Waals surface area (Å²) in [6.45, 7) is 12.7. The van der Waals surface area contributed by atoms with Crippen molar-refractivity contribution in [1.29, 1.82) is 0 Å². The minimum absolute atomic E-state index is 0.0939. The molecular formula is C39H44N4O8. The highest BCUT2D eigenvalue weighted by molar-refractivity contribution is 5.89. The molecule has 5 heterocycles. The number of Topliss-reactive ketones (excluding diaryl/α,β-unsaturated/α-hetero) is 1. The summed E-state index contributed by atoms with van der Waals surface area (Å²) in [5.74, 6) is -0.918. The first-order valence-corrected chi connectivity index (χ1v) is 17.5. The van der Waals surface area contributed by atoms with Crippen molar-refractivity contribution in [1.82, 2.24) is 15.3 Å². The average molecular weight is 697 g/mol. The summed E-state index contributed by atoms with van der Waals surface area (Å²) in [4.78, 5) is 49.5. The third-order valence-corrected chi connectivity index (χ3v) is 9.96. The lowest BCUT2D eigenvalue weighted by Gasteiger charge is -2.28. The van der Waals surface area contributed by atoms with Crippen LogP contribution in [0.1, 0.15) is 95.0 Å². The molecule has 0 saturated carbocycles. The van der Waals surface area contributed by atoms with E-state index >= 15 is 0 Å². The Balaban J connectivity index is 1.41. The molecule has 0 fully saturated rings. The van der Waals surface area contributed by atoms with Gasteiger partial charge in [0.2, 0.25) is 17.7 Å². The fourth-order valence-corrected chi connectivity index (χ4v) is 7.14. The summed E-state index contributed by atoms with van der Waals surface area (Å²) in [7, 11) is 0. The van der Waals surface area contributed by atoms with Crippen LogP contribution in [-0.2, 0) is 37.6 Å². The number of aliphatic hydroxyl groups is 1. The second kappa shape index (κ2) is 12.7. The second-order valence-electron chi connectivity index (χ2n) is 15.5. The number of nitrogens with one attached hydrogen (secondary N) is 2. The van der Waals surface area contributed by atoms with Crippen molar-refractivity contribution < 1.29 is 37.8 Å². The van der Waals surface area contributed by atoms with Gasteiger partial charge >= 0.3 is 5.97 Å². The molecule has 1 amide bonds. The second-order valence-corrected chi connectivity index (χ2v) is 15.5. The number of benzene rings is 2. The number of carbonyl (C=O) groups excluding carboxylic acids is 3. The molecule has 0 radical (unpaired) electrons. The Kier molecular flexibility index (Phi) is 8.56. The van der Waals surface area contributed by atoms with Crippen LogP contribution in [0.5, 0.6) is 5.75 Å². The average Bonchev–Trinajstić information content (AvgIpc) is 3.85. The normalized spacial score (nSPS) is 22.6. The van der Waals surface area contributed by atoms with Gasteiger partial charge < -0.3 is 34.0 Å². The number of amides is 1. The van der Waals surface area contributed by atoms with Crippen molar-refractivity contribution in [3.8, 4) is 17.3 Å². The van der Waals surface area contributed by atoms with Crippen molar-refractivity contribution in [2.45, 2.75) is 91.7 Å². The zero-order valence-corrected chi connectivity index (χ0v) is 29.9.